The Morgan fingerprint density at radius 3 is 2.89 bits per heavy atom. The van der Waals surface area contributed by atoms with Gasteiger partial charge >= 0.3 is 0 Å². The summed E-state index contributed by atoms with van der Waals surface area (Å²) in [6.07, 6.45) is 6.95. The Morgan fingerprint density at radius 2 is 2.14 bits per heavy atom. The lowest BCUT2D eigenvalue weighted by Gasteiger charge is -2.26. The highest BCUT2D eigenvalue weighted by Gasteiger charge is 2.29. The van der Waals surface area contributed by atoms with Gasteiger partial charge in [0.1, 0.15) is 5.56 Å². The molecule has 0 saturated heterocycles. The van der Waals surface area contributed by atoms with E-state index in [0.717, 1.165) is 25.7 Å². The third-order valence-corrected chi connectivity index (χ3v) is 6.80. The van der Waals surface area contributed by atoms with E-state index < -0.39 is 16.5 Å². The molecule has 2 heterocycles. The first-order valence-electron chi connectivity index (χ1n) is 9.05. The summed E-state index contributed by atoms with van der Waals surface area (Å²) in [5.41, 5.74) is 7.13. The fraction of sp³-hybridized carbons (Fsp3) is 0.316. The molecule has 1 aromatic heterocycles. The Labute approximate surface area is 164 Å². The monoisotopic (exact) mass is 399 g/mol. The van der Waals surface area contributed by atoms with E-state index >= 15 is 0 Å². The minimum atomic E-state index is -2.87. The van der Waals surface area contributed by atoms with E-state index in [1.165, 1.54) is 5.41 Å². The molecule has 1 saturated carbocycles. The molecular formula is C19H21N5O3S. The summed E-state index contributed by atoms with van der Waals surface area (Å²) in [6, 6.07) is 7.36. The van der Waals surface area contributed by atoms with Crippen molar-refractivity contribution in [1.29, 1.82) is 5.26 Å². The Balaban J connectivity index is 1.65. The molecule has 0 bridgehead atoms. The normalized spacial score (nSPS) is 23.6. The number of nitrogens with zero attached hydrogens (tertiary/aromatic N) is 3. The number of amides is 1. The highest BCUT2D eigenvalue weighted by atomic mass is 32.3. The number of nitriles is 1. The molecular weight excluding hydrogens is 378 g/mol. The van der Waals surface area contributed by atoms with E-state index in [9.17, 15) is 19.2 Å². The minimum absolute atomic E-state index is 0.0802. The maximum atomic E-state index is 11.9. The van der Waals surface area contributed by atoms with Gasteiger partial charge in [-0.2, -0.15) is 10.4 Å². The standard InChI is InChI=1S/C19H21N5O3S/c20-10-13-3-1-2-4-16(13)24-11-15(18(21)25)19(23-24)22-14-5-6-17-12(9-14)7-8-28(17,26)27/h5-9,11,13,16,26-27H,1-4H2,(H2,21,25)(H,22,23). The Kier molecular flexibility index (Phi) is 4.63. The predicted molar refractivity (Wildman–Crippen MR) is 107 cm³/mol. The molecule has 2 aromatic rings. The molecule has 146 valence electrons. The summed E-state index contributed by atoms with van der Waals surface area (Å²) >= 11 is 0. The van der Waals surface area contributed by atoms with Crippen LogP contribution in [0.1, 0.15) is 47.6 Å². The Bertz CT molecular complexity index is 1010. The van der Waals surface area contributed by atoms with Crippen LogP contribution in [-0.4, -0.2) is 24.8 Å². The Hall–Kier alpha value is -2.80. The second-order valence-corrected chi connectivity index (χ2v) is 8.99. The zero-order chi connectivity index (χ0) is 19.9. The van der Waals surface area contributed by atoms with Gasteiger partial charge in [-0.05, 0) is 37.1 Å². The van der Waals surface area contributed by atoms with Crippen molar-refractivity contribution >= 4 is 34.1 Å². The fourth-order valence-electron chi connectivity index (χ4n) is 3.82. The van der Waals surface area contributed by atoms with Crippen LogP contribution >= 0.6 is 10.6 Å². The summed E-state index contributed by atoms with van der Waals surface area (Å²) in [5.74, 6) is -0.422. The van der Waals surface area contributed by atoms with Crippen LogP contribution in [0.4, 0.5) is 11.5 Å². The number of anilines is 2. The molecule has 1 aromatic carbocycles. The van der Waals surface area contributed by atoms with Crippen molar-refractivity contribution in [1.82, 2.24) is 9.78 Å². The zero-order valence-electron chi connectivity index (χ0n) is 15.1. The van der Waals surface area contributed by atoms with Gasteiger partial charge in [0.2, 0.25) is 0 Å². The van der Waals surface area contributed by atoms with E-state index in [4.69, 9.17) is 5.73 Å². The van der Waals surface area contributed by atoms with Crippen LogP contribution in [0, 0.1) is 17.2 Å². The maximum Gasteiger partial charge on any atom is 0.254 e. The maximum absolute atomic E-state index is 11.9. The van der Waals surface area contributed by atoms with Gasteiger partial charge < -0.3 is 11.1 Å². The number of hydrogen-bond donors (Lipinski definition) is 4. The van der Waals surface area contributed by atoms with Crippen molar-refractivity contribution in [2.75, 3.05) is 5.32 Å². The molecule has 28 heavy (non-hydrogen) atoms. The molecule has 2 unspecified atom stereocenters. The van der Waals surface area contributed by atoms with E-state index in [-0.39, 0.29) is 17.5 Å². The second-order valence-electron chi connectivity index (χ2n) is 7.10. The topological polar surface area (TPSA) is 137 Å². The summed E-state index contributed by atoms with van der Waals surface area (Å²) in [7, 11) is -2.87. The number of nitrogens with two attached hydrogens (primary N) is 1. The molecule has 5 N–H and O–H groups in total. The largest absolute Gasteiger partial charge is 0.365 e. The van der Waals surface area contributed by atoms with Crippen LogP contribution in [0.25, 0.3) is 6.08 Å². The third-order valence-electron chi connectivity index (χ3n) is 5.27. The average molecular weight is 399 g/mol. The number of aromatic nitrogens is 2. The fourth-order valence-corrected chi connectivity index (χ4v) is 5.05. The van der Waals surface area contributed by atoms with Crippen LogP contribution in [0.2, 0.25) is 0 Å². The van der Waals surface area contributed by atoms with E-state index in [1.54, 1.807) is 35.2 Å². The van der Waals surface area contributed by atoms with Crippen molar-refractivity contribution in [3.8, 4) is 6.07 Å². The quantitative estimate of drug-likeness (QED) is 0.611. The van der Waals surface area contributed by atoms with Crippen LogP contribution in [-0.2, 0) is 0 Å². The lowest BCUT2D eigenvalue weighted by Crippen LogP contribution is -2.22. The highest BCUT2D eigenvalue weighted by molar-refractivity contribution is 8.27. The summed E-state index contributed by atoms with van der Waals surface area (Å²) in [4.78, 5) is 12.4. The van der Waals surface area contributed by atoms with E-state index in [1.807, 2.05) is 0 Å². The number of nitrogens with one attached hydrogen (secondary N) is 1. The van der Waals surface area contributed by atoms with Gasteiger partial charge in [0, 0.05) is 22.9 Å². The smallest absolute Gasteiger partial charge is 0.254 e. The van der Waals surface area contributed by atoms with Crippen molar-refractivity contribution in [3.63, 3.8) is 0 Å². The number of fused-ring (bicyclic) bond motifs is 1. The predicted octanol–water partition coefficient (Wildman–Crippen LogP) is 4.07. The highest BCUT2D eigenvalue weighted by Crippen LogP contribution is 2.56. The minimum Gasteiger partial charge on any atom is -0.365 e. The molecule has 8 nitrogen and oxygen atoms in total. The second kappa shape index (κ2) is 6.98. The SMILES string of the molecule is N#CC1CCCCC1n1cc(C(N)=O)c(Nc2ccc3c(c2)C=CS3(O)O)n1. The van der Waals surface area contributed by atoms with Gasteiger partial charge in [0.15, 0.2) is 5.82 Å². The molecule has 1 amide bonds. The number of primary amides is 1. The van der Waals surface area contributed by atoms with Crippen molar-refractivity contribution < 1.29 is 13.9 Å². The van der Waals surface area contributed by atoms with Crippen LogP contribution in [0.3, 0.4) is 0 Å². The van der Waals surface area contributed by atoms with E-state index in [0.29, 0.717) is 22.0 Å². The van der Waals surface area contributed by atoms with Gasteiger partial charge in [-0.15, -0.1) is 10.6 Å². The van der Waals surface area contributed by atoms with Crippen molar-refractivity contribution in [2.24, 2.45) is 11.7 Å². The summed E-state index contributed by atoms with van der Waals surface area (Å²) in [6.45, 7) is 0. The van der Waals surface area contributed by atoms with Crippen LogP contribution in [0.5, 0.6) is 0 Å². The average Bonchev–Trinajstić information content (AvgIpc) is 3.23. The molecule has 1 fully saturated rings. The zero-order valence-corrected chi connectivity index (χ0v) is 15.9. The lowest BCUT2D eigenvalue weighted by atomic mass is 9.85. The Morgan fingerprint density at radius 1 is 1.36 bits per heavy atom. The summed E-state index contributed by atoms with van der Waals surface area (Å²) < 4.78 is 21.6. The first-order chi connectivity index (χ1) is 13.4. The molecule has 2 atom stereocenters. The molecule has 1 aliphatic carbocycles. The van der Waals surface area contributed by atoms with Gasteiger partial charge in [-0.3, -0.25) is 18.6 Å². The van der Waals surface area contributed by atoms with E-state index in [2.05, 4.69) is 16.5 Å². The first-order valence-corrected chi connectivity index (χ1v) is 10.7. The molecule has 1 aliphatic heterocycles. The number of rotatable bonds is 4. The van der Waals surface area contributed by atoms with Crippen molar-refractivity contribution in [2.45, 2.75) is 36.6 Å². The molecule has 9 heteroatoms. The molecule has 4 rings (SSSR count). The van der Waals surface area contributed by atoms with Crippen LogP contribution < -0.4 is 11.1 Å². The van der Waals surface area contributed by atoms with Crippen LogP contribution in [0.15, 0.2) is 34.7 Å². The van der Waals surface area contributed by atoms with Crippen molar-refractivity contribution in [3.05, 3.63) is 40.9 Å². The number of carbonyl (C=O) groups excluding carboxylic acids is 1. The van der Waals surface area contributed by atoms with Gasteiger partial charge in [-0.25, -0.2) is 0 Å². The lowest BCUT2D eigenvalue weighted by molar-refractivity contribution is 0.100. The third kappa shape index (κ3) is 3.26. The van der Waals surface area contributed by atoms with Gasteiger partial charge in [0.05, 0.1) is 22.9 Å². The summed E-state index contributed by atoms with van der Waals surface area (Å²) in [5, 5.41) is 18.4. The number of carbonyl (C=O) groups is 1. The number of hydrogen-bond acceptors (Lipinski definition) is 6. The van der Waals surface area contributed by atoms with Gasteiger partial charge in [0.25, 0.3) is 5.91 Å². The molecule has 0 spiro atoms. The first kappa shape index (κ1) is 18.6. The number of benzene rings is 1. The molecule has 0 radical (unpaired) electrons. The van der Waals surface area contributed by atoms with Gasteiger partial charge in [-0.1, -0.05) is 12.8 Å². The molecule has 2 aliphatic rings.